The number of ether oxygens (including phenoxy) is 1. The van der Waals surface area contributed by atoms with Gasteiger partial charge in [0.1, 0.15) is 11.3 Å². The molecule has 158 valence electrons. The molecule has 0 atom stereocenters. The molecule has 0 aliphatic heterocycles. The SMILES string of the molecule is Cn1c(=O)c(-c2c(F)ccc(C(Br)Br)c2Cl)c(OC(=O)C(C)(C)C)c2nccnc21. The summed E-state index contributed by atoms with van der Waals surface area (Å²) in [5, 5.41) is 0.00199. The second kappa shape index (κ2) is 8.36. The van der Waals surface area contributed by atoms with Crippen molar-refractivity contribution in [3.05, 3.63) is 51.3 Å². The van der Waals surface area contributed by atoms with E-state index in [4.69, 9.17) is 16.3 Å². The van der Waals surface area contributed by atoms with E-state index in [9.17, 15) is 9.59 Å². The fourth-order valence-corrected chi connectivity index (χ4v) is 4.13. The van der Waals surface area contributed by atoms with Crippen LogP contribution in [-0.4, -0.2) is 20.5 Å². The highest BCUT2D eigenvalue weighted by molar-refractivity contribution is 9.24. The van der Waals surface area contributed by atoms with Crippen molar-refractivity contribution < 1.29 is 13.9 Å². The third-order valence-corrected chi connectivity index (χ3v) is 5.76. The Hall–Kier alpha value is -1.84. The van der Waals surface area contributed by atoms with Crippen LogP contribution in [0, 0.1) is 11.2 Å². The highest BCUT2D eigenvalue weighted by atomic mass is 79.9. The number of pyridine rings is 1. The lowest BCUT2D eigenvalue weighted by Gasteiger charge is -2.20. The summed E-state index contributed by atoms with van der Waals surface area (Å²) < 4.78 is 21.5. The Labute approximate surface area is 193 Å². The molecule has 3 rings (SSSR count). The number of esters is 1. The number of rotatable bonds is 3. The van der Waals surface area contributed by atoms with Gasteiger partial charge in [-0.25, -0.2) is 14.4 Å². The van der Waals surface area contributed by atoms with Crippen molar-refractivity contribution in [3.8, 4) is 16.9 Å². The van der Waals surface area contributed by atoms with Crippen LogP contribution in [0.1, 0.15) is 30.1 Å². The smallest absolute Gasteiger partial charge is 0.316 e. The van der Waals surface area contributed by atoms with Gasteiger partial charge in [0, 0.05) is 25.0 Å². The van der Waals surface area contributed by atoms with Crippen LogP contribution in [-0.2, 0) is 11.8 Å². The van der Waals surface area contributed by atoms with E-state index in [0.717, 1.165) is 0 Å². The number of benzene rings is 1. The Morgan fingerprint density at radius 2 is 1.83 bits per heavy atom. The molecular formula is C20H17Br2ClFN3O3. The molecule has 0 aliphatic carbocycles. The molecule has 0 amide bonds. The minimum Gasteiger partial charge on any atom is -0.423 e. The summed E-state index contributed by atoms with van der Waals surface area (Å²) >= 11 is 13.2. The molecule has 0 saturated heterocycles. The summed E-state index contributed by atoms with van der Waals surface area (Å²) in [5.41, 5.74) is -1.05. The maximum atomic E-state index is 15.0. The first kappa shape index (κ1) is 22.8. The fraction of sp³-hybridized carbons (Fsp3) is 0.300. The third-order valence-electron chi connectivity index (χ3n) is 4.37. The summed E-state index contributed by atoms with van der Waals surface area (Å²) in [5.74, 6) is -1.53. The highest BCUT2D eigenvalue weighted by Gasteiger charge is 2.31. The minimum atomic E-state index is -0.881. The molecule has 2 heterocycles. The van der Waals surface area contributed by atoms with Crippen LogP contribution < -0.4 is 10.3 Å². The molecule has 3 aromatic rings. The predicted molar refractivity (Wildman–Crippen MR) is 121 cm³/mol. The van der Waals surface area contributed by atoms with Crippen LogP contribution in [0.25, 0.3) is 22.3 Å². The molecule has 0 bridgehead atoms. The van der Waals surface area contributed by atoms with Gasteiger partial charge in [0.25, 0.3) is 5.56 Å². The number of carbonyl (C=O) groups excluding carboxylic acids is 1. The molecule has 6 nitrogen and oxygen atoms in total. The van der Waals surface area contributed by atoms with Gasteiger partial charge in [-0.3, -0.25) is 14.2 Å². The van der Waals surface area contributed by atoms with Crippen LogP contribution in [0.5, 0.6) is 5.75 Å². The maximum absolute atomic E-state index is 15.0. The average molecular weight is 562 g/mol. The van der Waals surface area contributed by atoms with Crippen molar-refractivity contribution in [1.29, 1.82) is 0 Å². The Kier molecular flexibility index (Phi) is 6.36. The number of aromatic nitrogens is 3. The zero-order valence-corrected chi connectivity index (χ0v) is 20.4. The van der Waals surface area contributed by atoms with Crippen LogP contribution >= 0.6 is 43.5 Å². The van der Waals surface area contributed by atoms with E-state index < -0.39 is 22.8 Å². The van der Waals surface area contributed by atoms with Crippen molar-refractivity contribution in [2.24, 2.45) is 12.5 Å². The molecule has 0 spiro atoms. The van der Waals surface area contributed by atoms with E-state index in [2.05, 4.69) is 41.8 Å². The van der Waals surface area contributed by atoms with Crippen molar-refractivity contribution in [1.82, 2.24) is 14.5 Å². The molecule has 30 heavy (non-hydrogen) atoms. The van der Waals surface area contributed by atoms with Crippen molar-refractivity contribution >= 4 is 60.6 Å². The monoisotopic (exact) mass is 559 g/mol. The summed E-state index contributed by atoms with van der Waals surface area (Å²) in [6, 6.07) is 2.68. The van der Waals surface area contributed by atoms with Crippen molar-refractivity contribution in [2.75, 3.05) is 0 Å². The van der Waals surface area contributed by atoms with E-state index in [1.54, 1.807) is 20.8 Å². The lowest BCUT2D eigenvalue weighted by molar-refractivity contribution is -0.142. The Balaban J connectivity index is 2.48. The van der Waals surface area contributed by atoms with Crippen molar-refractivity contribution in [2.45, 2.75) is 24.5 Å². The Morgan fingerprint density at radius 3 is 2.43 bits per heavy atom. The lowest BCUT2D eigenvalue weighted by atomic mass is 9.97. The largest absolute Gasteiger partial charge is 0.423 e. The first-order valence-corrected chi connectivity index (χ1v) is 11.0. The van der Waals surface area contributed by atoms with E-state index >= 15 is 4.39 Å². The Bertz CT molecular complexity index is 1220. The summed E-state index contributed by atoms with van der Waals surface area (Å²) in [6.07, 6.45) is 2.80. The van der Waals surface area contributed by atoms with Crippen LogP contribution in [0.3, 0.4) is 0 Å². The zero-order chi connectivity index (χ0) is 22.4. The van der Waals surface area contributed by atoms with Crippen LogP contribution in [0.2, 0.25) is 5.02 Å². The number of alkyl halides is 2. The van der Waals surface area contributed by atoms with E-state index in [0.29, 0.717) is 5.56 Å². The second-order valence-electron chi connectivity index (χ2n) is 7.56. The Morgan fingerprint density at radius 1 is 1.20 bits per heavy atom. The van der Waals surface area contributed by atoms with Crippen molar-refractivity contribution in [3.63, 3.8) is 0 Å². The maximum Gasteiger partial charge on any atom is 0.316 e. The molecule has 0 unspecified atom stereocenters. The highest BCUT2D eigenvalue weighted by Crippen LogP contribution is 2.43. The van der Waals surface area contributed by atoms with Gasteiger partial charge in [0.2, 0.25) is 0 Å². The standard InChI is InChI=1S/C20H17Br2ClFN3O3/c1-20(2,3)19(29)30-15-12(11-10(24)6-5-9(13(11)23)16(21)22)18(28)27(4)17-14(15)25-7-8-26-17/h5-8,16H,1-4H3. The van der Waals surface area contributed by atoms with E-state index in [-0.39, 0.29) is 36.8 Å². The molecule has 0 N–H and O–H groups in total. The molecule has 10 heteroatoms. The summed E-state index contributed by atoms with van der Waals surface area (Å²) in [4.78, 5) is 34.4. The lowest BCUT2D eigenvalue weighted by Crippen LogP contribution is -2.28. The van der Waals surface area contributed by atoms with Gasteiger partial charge in [0.05, 0.1) is 19.7 Å². The zero-order valence-electron chi connectivity index (χ0n) is 16.5. The number of fused-ring (bicyclic) bond motifs is 1. The van der Waals surface area contributed by atoms with Gasteiger partial charge in [-0.05, 0) is 32.4 Å². The van der Waals surface area contributed by atoms with E-state index in [1.807, 2.05) is 0 Å². The fourth-order valence-electron chi connectivity index (χ4n) is 2.75. The number of carbonyl (C=O) groups is 1. The second-order valence-corrected chi connectivity index (χ2v) is 11.0. The first-order valence-electron chi connectivity index (χ1n) is 8.77. The molecule has 1 aromatic carbocycles. The number of halogens is 4. The van der Waals surface area contributed by atoms with Gasteiger partial charge < -0.3 is 4.74 Å². The predicted octanol–water partition coefficient (Wildman–Crippen LogP) is 5.53. The molecule has 0 saturated carbocycles. The number of aryl methyl sites for hydroxylation is 1. The first-order chi connectivity index (χ1) is 13.9. The quantitative estimate of drug-likeness (QED) is 0.311. The van der Waals surface area contributed by atoms with E-state index in [1.165, 1.54) is 36.1 Å². The molecule has 2 aromatic heterocycles. The molecule has 0 fully saturated rings. The topological polar surface area (TPSA) is 74.1 Å². The van der Waals surface area contributed by atoms with Gasteiger partial charge >= 0.3 is 5.97 Å². The van der Waals surface area contributed by atoms with Gasteiger partial charge in [0.15, 0.2) is 11.4 Å². The molecular weight excluding hydrogens is 544 g/mol. The number of nitrogens with zero attached hydrogens (tertiary/aromatic N) is 3. The number of hydrogen-bond donors (Lipinski definition) is 0. The minimum absolute atomic E-state index is 0.00199. The normalized spacial score (nSPS) is 11.9. The molecule has 0 aliphatic rings. The van der Waals surface area contributed by atoms with Crippen LogP contribution in [0.15, 0.2) is 29.3 Å². The van der Waals surface area contributed by atoms with Crippen LogP contribution in [0.4, 0.5) is 4.39 Å². The number of hydrogen-bond acceptors (Lipinski definition) is 5. The average Bonchev–Trinajstić information content (AvgIpc) is 2.66. The summed E-state index contributed by atoms with van der Waals surface area (Å²) in [6.45, 7) is 5.00. The summed E-state index contributed by atoms with van der Waals surface area (Å²) in [7, 11) is 1.48. The van der Waals surface area contributed by atoms with Gasteiger partial charge in [-0.1, -0.05) is 49.5 Å². The molecule has 0 radical (unpaired) electrons. The van der Waals surface area contributed by atoms with Gasteiger partial charge in [-0.15, -0.1) is 0 Å². The third kappa shape index (κ3) is 4.02. The van der Waals surface area contributed by atoms with Gasteiger partial charge in [-0.2, -0.15) is 0 Å².